The lowest BCUT2D eigenvalue weighted by molar-refractivity contribution is 0.263. The van der Waals surface area contributed by atoms with Crippen molar-refractivity contribution in [1.29, 1.82) is 0 Å². The van der Waals surface area contributed by atoms with Gasteiger partial charge in [0.15, 0.2) is 0 Å². The Hall–Kier alpha value is -0.430. The molecule has 0 saturated heterocycles. The van der Waals surface area contributed by atoms with E-state index in [0.29, 0.717) is 23.2 Å². The average Bonchev–Trinajstić information content (AvgIpc) is 2.72. The quantitative estimate of drug-likeness (QED) is 0.866. The minimum atomic E-state index is -3.30. The Kier molecular flexibility index (Phi) is 4.42. The SMILES string of the molecule is CN(CC1CCC1)S(=O)(=O)c1ccc(CCN)s1. The fourth-order valence-electron chi connectivity index (χ4n) is 2.06. The van der Waals surface area contributed by atoms with Crippen LogP contribution in [-0.2, 0) is 16.4 Å². The first kappa shape index (κ1) is 14.0. The van der Waals surface area contributed by atoms with Crippen molar-refractivity contribution in [3.63, 3.8) is 0 Å². The molecule has 1 aromatic heterocycles. The molecule has 0 bridgehead atoms. The van der Waals surface area contributed by atoms with E-state index in [1.807, 2.05) is 6.07 Å². The topological polar surface area (TPSA) is 63.4 Å². The molecule has 4 nitrogen and oxygen atoms in total. The highest BCUT2D eigenvalue weighted by molar-refractivity contribution is 7.91. The first-order chi connectivity index (χ1) is 8.54. The van der Waals surface area contributed by atoms with Gasteiger partial charge in [0, 0.05) is 18.5 Å². The van der Waals surface area contributed by atoms with E-state index in [1.54, 1.807) is 13.1 Å². The molecular formula is C12H20N2O2S2. The van der Waals surface area contributed by atoms with Crippen LogP contribution in [-0.4, -0.2) is 32.9 Å². The van der Waals surface area contributed by atoms with Crippen LogP contribution in [0.3, 0.4) is 0 Å². The van der Waals surface area contributed by atoms with Gasteiger partial charge in [-0.15, -0.1) is 11.3 Å². The summed E-state index contributed by atoms with van der Waals surface area (Å²) in [5, 5.41) is 0. The number of hydrogen-bond acceptors (Lipinski definition) is 4. The number of nitrogens with zero attached hydrogens (tertiary/aromatic N) is 1. The second-order valence-electron chi connectivity index (χ2n) is 4.84. The number of sulfonamides is 1. The van der Waals surface area contributed by atoms with E-state index in [4.69, 9.17) is 5.73 Å². The van der Waals surface area contributed by atoms with E-state index < -0.39 is 10.0 Å². The molecule has 1 aliphatic carbocycles. The third-order valence-corrected chi connectivity index (χ3v) is 6.87. The van der Waals surface area contributed by atoms with Crippen LogP contribution in [0.15, 0.2) is 16.3 Å². The first-order valence-electron chi connectivity index (χ1n) is 6.29. The van der Waals surface area contributed by atoms with Crippen molar-refractivity contribution in [1.82, 2.24) is 4.31 Å². The van der Waals surface area contributed by atoms with Gasteiger partial charge in [-0.2, -0.15) is 4.31 Å². The molecule has 2 N–H and O–H groups in total. The summed E-state index contributed by atoms with van der Waals surface area (Å²) in [6, 6.07) is 3.56. The summed E-state index contributed by atoms with van der Waals surface area (Å²) in [4.78, 5) is 1.04. The summed E-state index contributed by atoms with van der Waals surface area (Å²) in [6.45, 7) is 1.20. The van der Waals surface area contributed by atoms with Gasteiger partial charge >= 0.3 is 0 Å². The lowest BCUT2D eigenvalue weighted by atomic mass is 9.86. The summed E-state index contributed by atoms with van der Waals surface area (Å²) in [6.07, 6.45) is 4.29. The van der Waals surface area contributed by atoms with Crippen LogP contribution in [0.25, 0.3) is 0 Å². The van der Waals surface area contributed by atoms with Gasteiger partial charge in [0.25, 0.3) is 10.0 Å². The predicted molar refractivity (Wildman–Crippen MR) is 74.2 cm³/mol. The van der Waals surface area contributed by atoms with Crippen molar-refractivity contribution in [3.8, 4) is 0 Å². The fraction of sp³-hybridized carbons (Fsp3) is 0.667. The molecule has 2 rings (SSSR count). The van der Waals surface area contributed by atoms with E-state index >= 15 is 0 Å². The lowest BCUT2D eigenvalue weighted by Crippen LogP contribution is -2.33. The summed E-state index contributed by atoms with van der Waals surface area (Å²) in [7, 11) is -1.62. The molecule has 102 valence electrons. The van der Waals surface area contributed by atoms with Crippen molar-refractivity contribution in [3.05, 3.63) is 17.0 Å². The number of rotatable bonds is 6. The number of hydrogen-bond donors (Lipinski definition) is 1. The van der Waals surface area contributed by atoms with Gasteiger partial charge in [0.05, 0.1) is 0 Å². The van der Waals surface area contributed by atoms with Gasteiger partial charge in [0.2, 0.25) is 0 Å². The highest BCUT2D eigenvalue weighted by atomic mass is 32.2. The van der Waals surface area contributed by atoms with Crippen molar-refractivity contribution in [2.45, 2.75) is 29.9 Å². The minimum Gasteiger partial charge on any atom is -0.330 e. The Balaban J connectivity index is 2.07. The van der Waals surface area contributed by atoms with Crippen LogP contribution >= 0.6 is 11.3 Å². The van der Waals surface area contributed by atoms with Crippen LogP contribution in [0.4, 0.5) is 0 Å². The van der Waals surface area contributed by atoms with Crippen molar-refractivity contribution >= 4 is 21.4 Å². The van der Waals surface area contributed by atoms with E-state index in [0.717, 1.165) is 24.1 Å². The number of thiophene rings is 1. The molecule has 18 heavy (non-hydrogen) atoms. The molecule has 0 amide bonds. The molecule has 0 unspecified atom stereocenters. The highest BCUT2D eigenvalue weighted by Gasteiger charge is 2.27. The molecule has 1 saturated carbocycles. The van der Waals surface area contributed by atoms with Crippen molar-refractivity contribution in [2.75, 3.05) is 20.1 Å². The molecule has 0 aliphatic heterocycles. The lowest BCUT2D eigenvalue weighted by Gasteiger charge is -2.29. The Labute approximate surface area is 113 Å². The Morgan fingerprint density at radius 3 is 2.72 bits per heavy atom. The highest BCUT2D eigenvalue weighted by Crippen LogP contribution is 2.30. The van der Waals surface area contributed by atoms with Gasteiger partial charge in [-0.25, -0.2) is 8.42 Å². The minimum absolute atomic E-state index is 0.438. The molecule has 0 spiro atoms. The molecule has 0 radical (unpaired) electrons. The van der Waals surface area contributed by atoms with Gasteiger partial charge in [-0.3, -0.25) is 0 Å². The first-order valence-corrected chi connectivity index (χ1v) is 8.55. The predicted octanol–water partition coefficient (Wildman–Crippen LogP) is 1.67. The normalized spacial score (nSPS) is 17.1. The Bertz CT molecular complexity index is 492. The third kappa shape index (κ3) is 2.93. The maximum absolute atomic E-state index is 12.3. The zero-order chi connectivity index (χ0) is 13.2. The second-order valence-corrected chi connectivity index (χ2v) is 8.28. The van der Waals surface area contributed by atoms with Crippen LogP contribution in [0, 0.1) is 5.92 Å². The maximum Gasteiger partial charge on any atom is 0.252 e. The Morgan fingerprint density at radius 1 is 1.44 bits per heavy atom. The van der Waals surface area contributed by atoms with Crippen LogP contribution in [0.5, 0.6) is 0 Å². The Morgan fingerprint density at radius 2 is 2.17 bits per heavy atom. The summed E-state index contributed by atoms with van der Waals surface area (Å²) in [5.74, 6) is 0.549. The van der Waals surface area contributed by atoms with Crippen LogP contribution in [0.1, 0.15) is 24.1 Å². The molecule has 1 fully saturated rings. The number of nitrogens with two attached hydrogens (primary N) is 1. The van der Waals surface area contributed by atoms with E-state index in [1.165, 1.54) is 22.1 Å². The molecular weight excluding hydrogens is 268 g/mol. The van der Waals surface area contributed by atoms with Gasteiger partial charge in [-0.1, -0.05) is 6.42 Å². The van der Waals surface area contributed by atoms with Gasteiger partial charge in [-0.05, 0) is 43.9 Å². The van der Waals surface area contributed by atoms with Crippen LogP contribution < -0.4 is 5.73 Å². The van der Waals surface area contributed by atoms with E-state index in [-0.39, 0.29) is 0 Å². The fourth-order valence-corrected chi connectivity index (χ4v) is 4.89. The summed E-state index contributed by atoms with van der Waals surface area (Å²) < 4.78 is 26.6. The van der Waals surface area contributed by atoms with Gasteiger partial charge in [0.1, 0.15) is 4.21 Å². The largest absolute Gasteiger partial charge is 0.330 e. The molecule has 0 atom stereocenters. The van der Waals surface area contributed by atoms with E-state index in [9.17, 15) is 8.42 Å². The second kappa shape index (κ2) is 5.69. The van der Waals surface area contributed by atoms with Crippen molar-refractivity contribution in [2.24, 2.45) is 11.7 Å². The monoisotopic (exact) mass is 288 g/mol. The van der Waals surface area contributed by atoms with Crippen molar-refractivity contribution < 1.29 is 8.42 Å². The molecule has 1 aliphatic rings. The zero-order valence-electron chi connectivity index (χ0n) is 10.6. The van der Waals surface area contributed by atoms with Gasteiger partial charge < -0.3 is 5.73 Å². The third-order valence-electron chi connectivity index (χ3n) is 3.43. The summed E-state index contributed by atoms with van der Waals surface area (Å²) in [5.41, 5.74) is 5.48. The average molecular weight is 288 g/mol. The molecule has 1 heterocycles. The molecule has 1 aromatic rings. The zero-order valence-corrected chi connectivity index (χ0v) is 12.3. The molecule has 6 heteroatoms. The molecule has 0 aromatic carbocycles. The standard InChI is InChI=1S/C12H20N2O2S2/c1-14(9-10-3-2-4-10)18(15,16)12-6-5-11(17-12)7-8-13/h5-6,10H,2-4,7-9,13H2,1H3. The summed E-state index contributed by atoms with van der Waals surface area (Å²) >= 11 is 1.34. The van der Waals surface area contributed by atoms with E-state index in [2.05, 4.69) is 0 Å². The van der Waals surface area contributed by atoms with Crippen LogP contribution in [0.2, 0.25) is 0 Å². The smallest absolute Gasteiger partial charge is 0.252 e. The maximum atomic E-state index is 12.3.